The molecule has 0 saturated heterocycles. The van der Waals surface area contributed by atoms with E-state index in [1.807, 2.05) is 10.8 Å². The normalized spacial score (nSPS) is 17.9. The van der Waals surface area contributed by atoms with Crippen LogP contribution in [0.5, 0.6) is 0 Å². The predicted octanol–water partition coefficient (Wildman–Crippen LogP) is 1.95. The van der Waals surface area contributed by atoms with E-state index in [4.69, 9.17) is 5.73 Å². The number of nitrogens with two attached hydrogens (primary N) is 1. The first-order valence-electron chi connectivity index (χ1n) is 7.01. The number of imidazole rings is 1. The van der Waals surface area contributed by atoms with Crippen LogP contribution in [0.1, 0.15) is 18.0 Å². The van der Waals surface area contributed by atoms with Gasteiger partial charge >= 0.3 is 6.03 Å². The number of benzene rings is 1. The summed E-state index contributed by atoms with van der Waals surface area (Å²) in [5.74, 6) is -0.152. The summed E-state index contributed by atoms with van der Waals surface area (Å²) in [4.78, 5) is 21.3. The van der Waals surface area contributed by atoms with Gasteiger partial charge in [0.2, 0.25) is 0 Å². The van der Waals surface area contributed by atoms with Crippen molar-refractivity contribution < 1.29 is 9.18 Å². The summed E-state index contributed by atoms with van der Waals surface area (Å²) in [5, 5.41) is 0. The van der Waals surface area contributed by atoms with Gasteiger partial charge < -0.3 is 15.2 Å². The van der Waals surface area contributed by atoms with Gasteiger partial charge in [0.1, 0.15) is 17.7 Å². The molecule has 0 fully saturated rings. The highest BCUT2D eigenvalue weighted by molar-refractivity contribution is 6.03. The van der Waals surface area contributed by atoms with Crippen molar-refractivity contribution >= 4 is 11.9 Å². The van der Waals surface area contributed by atoms with Crippen LogP contribution in [0.15, 0.2) is 48.0 Å². The fourth-order valence-electron chi connectivity index (χ4n) is 2.60. The van der Waals surface area contributed by atoms with Crippen molar-refractivity contribution in [3.05, 3.63) is 54.4 Å². The van der Waals surface area contributed by atoms with Crippen LogP contribution in [0.4, 0.5) is 9.18 Å². The standard InChI is InChI=1S/C15H16FN5O/c16-12-4-1-3-11(9-12)13-14(17)19-15(22)21(13)7-2-6-20-8-5-18-10-20/h1,3-5,8-10,13H,2,6-7H2,(H2,17,19,22). The highest BCUT2D eigenvalue weighted by Gasteiger charge is 2.34. The number of aryl methyl sites for hydroxylation is 1. The van der Waals surface area contributed by atoms with Crippen LogP contribution in [0.25, 0.3) is 0 Å². The monoisotopic (exact) mass is 301 g/mol. The van der Waals surface area contributed by atoms with Gasteiger partial charge in [-0.2, -0.15) is 4.99 Å². The number of amidine groups is 1. The maximum atomic E-state index is 13.4. The van der Waals surface area contributed by atoms with Gasteiger partial charge in [0.15, 0.2) is 0 Å². The Balaban J connectivity index is 1.72. The second kappa shape index (κ2) is 5.97. The molecule has 22 heavy (non-hydrogen) atoms. The summed E-state index contributed by atoms with van der Waals surface area (Å²) in [6.07, 6.45) is 6.02. The van der Waals surface area contributed by atoms with Crippen molar-refractivity contribution in [1.82, 2.24) is 14.5 Å². The summed E-state index contributed by atoms with van der Waals surface area (Å²) in [7, 11) is 0. The number of aliphatic imine (C=N–C) groups is 1. The lowest BCUT2D eigenvalue weighted by atomic mass is 10.1. The molecule has 1 aromatic heterocycles. The minimum absolute atomic E-state index is 0.207. The van der Waals surface area contributed by atoms with Crippen LogP contribution in [0.2, 0.25) is 0 Å². The molecule has 1 aromatic carbocycles. The molecule has 0 spiro atoms. The molecular weight excluding hydrogens is 285 g/mol. The van der Waals surface area contributed by atoms with E-state index in [-0.39, 0.29) is 17.7 Å². The summed E-state index contributed by atoms with van der Waals surface area (Å²) in [6.45, 7) is 1.22. The topological polar surface area (TPSA) is 76.5 Å². The minimum Gasteiger partial charge on any atom is -0.385 e. The molecule has 2 N–H and O–H groups in total. The number of carbonyl (C=O) groups excluding carboxylic acids is 1. The number of urea groups is 1. The number of halogens is 1. The summed E-state index contributed by atoms with van der Waals surface area (Å²) in [5.41, 5.74) is 6.49. The van der Waals surface area contributed by atoms with Gasteiger partial charge in [0, 0.05) is 25.5 Å². The summed E-state index contributed by atoms with van der Waals surface area (Å²) >= 11 is 0. The maximum Gasteiger partial charge on any atom is 0.346 e. The van der Waals surface area contributed by atoms with Gasteiger partial charge in [-0.25, -0.2) is 14.2 Å². The van der Waals surface area contributed by atoms with Crippen molar-refractivity contribution in [3.8, 4) is 0 Å². The minimum atomic E-state index is -0.494. The average Bonchev–Trinajstić information content (AvgIpc) is 3.08. The lowest BCUT2D eigenvalue weighted by molar-refractivity contribution is 0.204. The Morgan fingerprint density at radius 3 is 2.91 bits per heavy atom. The molecule has 1 aliphatic rings. The van der Waals surface area contributed by atoms with E-state index in [1.54, 1.807) is 29.6 Å². The number of aromatic nitrogens is 2. The van der Waals surface area contributed by atoms with Gasteiger partial charge in [0.25, 0.3) is 0 Å². The Kier molecular flexibility index (Phi) is 3.86. The third-order valence-corrected chi connectivity index (χ3v) is 3.60. The van der Waals surface area contributed by atoms with Crippen LogP contribution >= 0.6 is 0 Å². The van der Waals surface area contributed by atoms with Crippen LogP contribution in [0, 0.1) is 5.82 Å². The third kappa shape index (κ3) is 2.83. The quantitative estimate of drug-likeness (QED) is 0.917. The lowest BCUT2D eigenvalue weighted by Gasteiger charge is -2.24. The number of rotatable bonds is 5. The van der Waals surface area contributed by atoms with Crippen LogP contribution < -0.4 is 5.73 Å². The second-order valence-electron chi connectivity index (χ2n) is 5.12. The Morgan fingerprint density at radius 2 is 2.18 bits per heavy atom. The lowest BCUT2D eigenvalue weighted by Crippen LogP contribution is -2.34. The number of hydrogen-bond donors (Lipinski definition) is 1. The first-order valence-corrected chi connectivity index (χ1v) is 7.01. The first kappa shape index (κ1) is 14.2. The molecule has 6 nitrogen and oxygen atoms in total. The average molecular weight is 301 g/mol. The Bertz CT molecular complexity index is 698. The van der Waals surface area contributed by atoms with E-state index in [0.717, 1.165) is 13.0 Å². The van der Waals surface area contributed by atoms with E-state index >= 15 is 0 Å². The molecule has 7 heteroatoms. The highest BCUT2D eigenvalue weighted by atomic mass is 19.1. The molecule has 3 rings (SSSR count). The molecule has 0 aliphatic carbocycles. The van der Waals surface area contributed by atoms with Crippen molar-refractivity contribution in [3.63, 3.8) is 0 Å². The largest absolute Gasteiger partial charge is 0.385 e. The molecule has 1 atom stereocenters. The third-order valence-electron chi connectivity index (χ3n) is 3.60. The molecule has 114 valence electrons. The predicted molar refractivity (Wildman–Crippen MR) is 79.7 cm³/mol. The Morgan fingerprint density at radius 1 is 1.32 bits per heavy atom. The molecule has 2 amide bonds. The van der Waals surface area contributed by atoms with Gasteiger partial charge in [-0.05, 0) is 24.1 Å². The molecule has 0 saturated carbocycles. The van der Waals surface area contributed by atoms with Crippen molar-refractivity contribution in [2.45, 2.75) is 19.0 Å². The fourth-order valence-corrected chi connectivity index (χ4v) is 2.60. The van der Waals surface area contributed by atoms with Crippen molar-refractivity contribution in [1.29, 1.82) is 0 Å². The Labute approximate surface area is 127 Å². The zero-order valence-corrected chi connectivity index (χ0v) is 11.9. The summed E-state index contributed by atoms with van der Waals surface area (Å²) < 4.78 is 15.3. The number of nitrogens with zero attached hydrogens (tertiary/aromatic N) is 4. The Hall–Kier alpha value is -2.70. The van der Waals surface area contributed by atoms with Crippen LogP contribution in [-0.4, -0.2) is 32.9 Å². The number of carbonyl (C=O) groups is 1. The van der Waals surface area contributed by atoms with Crippen molar-refractivity contribution in [2.75, 3.05) is 6.54 Å². The molecule has 1 aliphatic heterocycles. The van der Waals surface area contributed by atoms with Gasteiger partial charge in [-0.1, -0.05) is 12.1 Å². The van der Waals surface area contributed by atoms with E-state index in [0.29, 0.717) is 12.1 Å². The second-order valence-corrected chi connectivity index (χ2v) is 5.12. The zero-order valence-electron chi connectivity index (χ0n) is 11.9. The maximum absolute atomic E-state index is 13.4. The summed E-state index contributed by atoms with van der Waals surface area (Å²) in [6, 6.07) is 5.22. The van der Waals surface area contributed by atoms with Gasteiger partial charge in [-0.15, -0.1) is 0 Å². The van der Waals surface area contributed by atoms with E-state index < -0.39 is 6.04 Å². The molecule has 2 heterocycles. The SMILES string of the molecule is NC1=NC(=O)N(CCCn2ccnc2)C1c1cccc(F)c1. The van der Waals surface area contributed by atoms with Crippen molar-refractivity contribution in [2.24, 2.45) is 10.7 Å². The molecule has 0 radical (unpaired) electrons. The molecule has 1 unspecified atom stereocenters. The molecular formula is C15H16FN5O. The van der Waals surface area contributed by atoms with Crippen LogP contribution in [-0.2, 0) is 6.54 Å². The number of amides is 2. The van der Waals surface area contributed by atoms with Crippen LogP contribution in [0.3, 0.4) is 0 Å². The van der Waals surface area contributed by atoms with Gasteiger partial charge in [-0.3, -0.25) is 0 Å². The molecule has 0 bridgehead atoms. The van der Waals surface area contributed by atoms with E-state index in [9.17, 15) is 9.18 Å². The highest BCUT2D eigenvalue weighted by Crippen LogP contribution is 2.27. The number of hydrogen-bond acceptors (Lipinski definition) is 3. The first-order chi connectivity index (χ1) is 10.6. The van der Waals surface area contributed by atoms with E-state index in [2.05, 4.69) is 9.98 Å². The van der Waals surface area contributed by atoms with Gasteiger partial charge in [0.05, 0.1) is 6.33 Å². The fraction of sp³-hybridized carbons (Fsp3) is 0.267. The zero-order chi connectivity index (χ0) is 15.5. The smallest absolute Gasteiger partial charge is 0.346 e. The molecule has 2 aromatic rings. The van der Waals surface area contributed by atoms with E-state index in [1.165, 1.54) is 12.1 Å².